The average molecular weight is 470 g/mol. The van der Waals surface area contributed by atoms with Crippen LogP contribution in [0.3, 0.4) is 0 Å². The molecule has 1 atom stereocenters. The predicted octanol–water partition coefficient (Wildman–Crippen LogP) is 6.28. The number of nitrogens with one attached hydrogen (secondary N) is 1. The second kappa shape index (κ2) is 14.8. The highest BCUT2D eigenvalue weighted by molar-refractivity contribution is 5.79. The molecule has 0 aliphatic heterocycles. The van der Waals surface area contributed by atoms with Crippen molar-refractivity contribution in [2.75, 3.05) is 19.7 Å². The molecule has 0 fully saturated rings. The number of carbonyl (C=O) groups is 2. The van der Waals surface area contributed by atoms with E-state index in [0.717, 1.165) is 38.1 Å². The fraction of sp³-hybridized carbons (Fsp3) is 0.586. The van der Waals surface area contributed by atoms with E-state index in [-0.39, 0.29) is 23.8 Å². The van der Waals surface area contributed by atoms with Gasteiger partial charge in [-0.05, 0) is 73.5 Å². The monoisotopic (exact) mass is 469 g/mol. The van der Waals surface area contributed by atoms with Gasteiger partial charge in [0, 0.05) is 12.8 Å². The molecule has 1 aromatic rings. The lowest BCUT2D eigenvalue weighted by Crippen LogP contribution is -2.28. The van der Waals surface area contributed by atoms with Crippen LogP contribution < -0.4 is 10.1 Å². The zero-order chi connectivity index (χ0) is 24.8. The minimum atomic E-state index is -0.228. The summed E-state index contributed by atoms with van der Waals surface area (Å²) in [5, 5.41) is 3.34. The van der Waals surface area contributed by atoms with Gasteiger partial charge in [0.2, 0.25) is 0 Å². The largest absolute Gasteiger partial charge is 0.486 e. The van der Waals surface area contributed by atoms with Crippen LogP contribution >= 0.6 is 0 Å². The maximum Gasteiger partial charge on any atom is 0.310 e. The lowest BCUT2D eigenvalue weighted by Gasteiger charge is -2.34. The topological polar surface area (TPSA) is 64.6 Å². The lowest BCUT2D eigenvalue weighted by molar-refractivity contribution is -0.134. The number of esters is 1. The second-order valence-electron chi connectivity index (χ2n) is 9.58. The van der Waals surface area contributed by atoms with Crippen LogP contribution in [0.2, 0.25) is 0 Å². The van der Waals surface area contributed by atoms with Crippen molar-refractivity contribution < 1.29 is 19.1 Å². The van der Waals surface area contributed by atoms with Crippen molar-refractivity contribution >= 4 is 11.8 Å². The van der Waals surface area contributed by atoms with Crippen molar-refractivity contribution in [3.05, 3.63) is 53.8 Å². The first kappa shape index (κ1) is 27.8. The molecule has 0 amide bonds. The van der Waals surface area contributed by atoms with Gasteiger partial charge in [-0.1, -0.05) is 65.2 Å². The van der Waals surface area contributed by atoms with E-state index < -0.39 is 0 Å². The molecule has 0 heterocycles. The number of hydrogen-bond donors (Lipinski definition) is 1. The molecule has 0 saturated heterocycles. The first-order chi connectivity index (χ1) is 16.4. The standard InChI is InChI=1S/C29H43NO4/c1-5-28(32)34-27-19-15-24(16-20-27)29(3,4)23-13-17-26(18-14-23)33-22-25(31)12-10-8-7-9-11-21-30-6-2/h13,15-20,23,30H,5-12,14,21-22H2,1-4H3. The van der Waals surface area contributed by atoms with Gasteiger partial charge >= 0.3 is 5.97 Å². The van der Waals surface area contributed by atoms with Crippen LogP contribution in [-0.4, -0.2) is 31.4 Å². The predicted molar refractivity (Wildman–Crippen MR) is 138 cm³/mol. The van der Waals surface area contributed by atoms with E-state index in [4.69, 9.17) is 9.47 Å². The van der Waals surface area contributed by atoms with E-state index >= 15 is 0 Å². The first-order valence-electron chi connectivity index (χ1n) is 12.9. The summed E-state index contributed by atoms with van der Waals surface area (Å²) in [5.74, 6) is 1.62. The summed E-state index contributed by atoms with van der Waals surface area (Å²) >= 11 is 0. The summed E-state index contributed by atoms with van der Waals surface area (Å²) in [6, 6.07) is 7.78. The van der Waals surface area contributed by atoms with Crippen LogP contribution in [0.15, 0.2) is 48.3 Å². The number of benzene rings is 1. The summed E-state index contributed by atoms with van der Waals surface area (Å²) in [6.07, 6.45) is 13.8. The number of allylic oxidation sites excluding steroid dienone is 3. The molecule has 0 bridgehead atoms. The molecular weight excluding hydrogens is 426 g/mol. The smallest absolute Gasteiger partial charge is 0.310 e. The highest BCUT2D eigenvalue weighted by Crippen LogP contribution is 2.38. The third kappa shape index (κ3) is 9.46. The quantitative estimate of drug-likeness (QED) is 0.175. The number of ketones is 1. The highest BCUT2D eigenvalue weighted by atomic mass is 16.5. The van der Waals surface area contributed by atoms with Crippen molar-refractivity contribution in [3.63, 3.8) is 0 Å². The van der Waals surface area contributed by atoms with Crippen molar-refractivity contribution in [2.45, 2.75) is 84.5 Å². The highest BCUT2D eigenvalue weighted by Gasteiger charge is 2.30. The van der Waals surface area contributed by atoms with E-state index in [1.807, 2.05) is 30.3 Å². The van der Waals surface area contributed by atoms with E-state index in [1.165, 1.54) is 24.8 Å². The Kier molecular flexibility index (Phi) is 12.1. The molecule has 2 rings (SSSR count). The molecule has 1 unspecified atom stereocenters. The van der Waals surface area contributed by atoms with Crippen LogP contribution in [0, 0.1) is 5.92 Å². The van der Waals surface area contributed by atoms with Crippen LogP contribution in [0.1, 0.15) is 84.6 Å². The van der Waals surface area contributed by atoms with Gasteiger partial charge in [0.25, 0.3) is 0 Å². The van der Waals surface area contributed by atoms with Gasteiger partial charge < -0.3 is 14.8 Å². The Labute approximate surface area is 206 Å². The van der Waals surface area contributed by atoms with Gasteiger partial charge in [-0.25, -0.2) is 0 Å². The average Bonchev–Trinajstić information content (AvgIpc) is 2.85. The fourth-order valence-corrected chi connectivity index (χ4v) is 4.13. The van der Waals surface area contributed by atoms with Gasteiger partial charge in [-0.3, -0.25) is 9.59 Å². The molecule has 0 radical (unpaired) electrons. The van der Waals surface area contributed by atoms with E-state index in [0.29, 0.717) is 24.5 Å². The molecule has 5 heteroatoms. The summed E-state index contributed by atoms with van der Waals surface area (Å²) < 4.78 is 11.0. The third-order valence-electron chi connectivity index (χ3n) is 6.57. The van der Waals surface area contributed by atoms with Gasteiger partial charge in [0.1, 0.15) is 18.1 Å². The molecule has 1 aliphatic rings. The zero-order valence-corrected chi connectivity index (χ0v) is 21.5. The number of unbranched alkanes of at least 4 members (excludes halogenated alkanes) is 4. The van der Waals surface area contributed by atoms with Crippen LogP contribution in [0.25, 0.3) is 0 Å². The maximum atomic E-state index is 12.2. The molecular formula is C29H43NO4. The lowest BCUT2D eigenvalue weighted by atomic mass is 9.71. The summed E-state index contributed by atoms with van der Waals surface area (Å²) in [6.45, 7) is 10.6. The van der Waals surface area contributed by atoms with E-state index in [2.05, 4.69) is 38.2 Å². The van der Waals surface area contributed by atoms with Gasteiger partial charge in [-0.2, -0.15) is 0 Å². The molecule has 1 aromatic carbocycles. The number of Topliss-reactive ketones (excluding diaryl/α,β-unsaturated/α-hetero) is 1. The Morgan fingerprint density at radius 3 is 2.38 bits per heavy atom. The van der Waals surface area contributed by atoms with Crippen LogP contribution in [0.4, 0.5) is 0 Å². The summed E-state index contributed by atoms with van der Waals surface area (Å²) in [5.41, 5.74) is 1.10. The summed E-state index contributed by atoms with van der Waals surface area (Å²) in [4.78, 5) is 23.6. The number of rotatable bonds is 16. The molecule has 1 N–H and O–H groups in total. The first-order valence-corrected chi connectivity index (χ1v) is 12.9. The fourth-order valence-electron chi connectivity index (χ4n) is 4.13. The van der Waals surface area contributed by atoms with Gasteiger partial charge in [-0.15, -0.1) is 0 Å². The Bertz CT molecular complexity index is 823. The normalized spacial score (nSPS) is 15.6. The minimum absolute atomic E-state index is 0.0890. The van der Waals surface area contributed by atoms with E-state index in [9.17, 15) is 9.59 Å². The van der Waals surface area contributed by atoms with Gasteiger partial charge in [0.15, 0.2) is 5.78 Å². The molecule has 0 spiro atoms. The van der Waals surface area contributed by atoms with Crippen LogP contribution in [-0.2, 0) is 19.7 Å². The summed E-state index contributed by atoms with van der Waals surface area (Å²) in [7, 11) is 0. The second-order valence-corrected chi connectivity index (χ2v) is 9.58. The van der Waals surface area contributed by atoms with Crippen molar-refractivity contribution in [1.29, 1.82) is 0 Å². The molecule has 34 heavy (non-hydrogen) atoms. The zero-order valence-electron chi connectivity index (χ0n) is 21.5. The Morgan fingerprint density at radius 2 is 1.74 bits per heavy atom. The molecule has 188 valence electrons. The molecule has 5 nitrogen and oxygen atoms in total. The molecule has 0 aromatic heterocycles. The van der Waals surface area contributed by atoms with Crippen molar-refractivity contribution in [2.24, 2.45) is 5.92 Å². The maximum absolute atomic E-state index is 12.2. The SMILES string of the molecule is CCNCCCCCCCC(=O)COC1=CCC(C(C)(C)c2ccc(OC(=O)CC)cc2)C=C1. The van der Waals surface area contributed by atoms with E-state index in [1.54, 1.807) is 6.92 Å². The molecule has 0 saturated carbocycles. The molecule has 1 aliphatic carbocycles. The van der Waals surface area contributed by atoms with Gasteiger partial charge in [0.05, 0.1) is 0 Å². The Balaban J connectivity index is 1.70. The van der Waals surface area contributed by atoms with Crippen LogP contribution in [0.5, 0.6) is 5.75 Å². The Hall–Kier alpha value is -2.40. The number of carbonyl (C=O) groups excluding carboxylic acids is 2. The van der Waals surface area contributed by atoms with Crippen molar-refractivity contribution in [1.82, 2.24) is 5.32 Å². The minimum Gasteiger partial charge on any atom is -0.486 e. The number of ether oxygens (including phenoxy) is 2. The third-order valence-corrected chi connectivity index (χ3v) is 6.57. The number of hydrogen-bond acceptors (Lipinski definition) is 5. The van der Waals surface area contributed by atoms with Crippen molar-refractivity contribution in [3.8, 4) is 5.75 Å². The Morgan fingerprint density at radius 1 is 1.03 bits per heavy atom.